The summed E-state index contributed by atoms with van der Waals surface area (Å²) in [6.07, 6.45) is 5.31. The van der Waals surface area contributed by atoms with Crippen molar-refractivity contribution in [3.05, 3.63) is 11.6 Å². The summed E-state index contributed by atoms with van der Waals surface area (Å²) in [7, 11) is -2.85. The van der Waals surface area contributed by atoms with Crippen molar-refractivity contribution in [2.75, 3.05) is 81.0 Å². The third-order valence-electron chi connectivity index (χ3n) is 8.32. The van der Waals surface area contributed by atoms with E-state index in [0.29, 0.717) is 13.1 Å². The Morgan fingerprint density at radius 1 is 0.949 bits per heavy atom. The van der Waals surface area contributed by atoms with Crippen molar-refractivity contribution in [2.24, 2.45) is 0 Å². The van der Waals surface area contributed by atoms with Crippen molar-refractivity contribution in [3.8, 4) is 0 Å². The summed E-state index contributed by atoms with van der Waals surface area (Å²) in [5.41, 5.74) is 2.93. The van der Waals surface area contributed by atoms with Crippen molar-refractivity contribution in [1.82, 2.24) is 24.7 Å². The van der Waals surface area contributed by atoms with Gasteiger partial charge in [-0.15, -0.1) is 0 Å². The van der Waals surface area contributed by atoms with Gasteiger partial charge in [0.15, 0.2) is 20.1 Å². The molecule has 1 amide bonds. The monoisotopic (exact) mass is 591 g/mol. The first-order valence-corrected chi connectivity index (χ1v) is 17.4. The van der Waals surface area contributed by atoms with Gasteiger partial charge in [-0.3, -0.25) is 14.6 Å². The number of hydrogen-bond donors (Lipinski definition) is 2. The summed E-state index contributed by atoms with van der Waals surface area (Å²) >= 11 is 3.20. The van der Waals surface area contributed by atoms with Crippen molar-refractivity contribution in [3.63, 3.8) is 0 Å². The molecule has 0 atom stereocenters. The van der Waals surface area contributed by atoms with Gasteiger partial charge in [-0.1, -0.05) is 35.5 Å². The van der Waals surface area contributed by atoms with Gasteiger partial charge >= 0.3 is 0 Å². The van der Waals surface area contributed by atoms with Gasteiger partial charge < -0.3 is 15.5 Å². The summed E-state index contributed by atoms with van der Waals surface area (Å²) < 4.78 is 25.4. The molecule has 1 aromatic carbocycles. The van der Waals surface area contributed by atoms with Crippen LogP contribution in [0.2, 0.25) is 0 Å². The van der Waals surface area contributed by atoms with Gasteiger partial charge in [0.2, 0.25) is 5.91 Å². The van der Waals surface area contributed by atoms with E-state index in [1.54, 1.807) is 22.7 Å². The lowest BCUT2D eigenvalue weighted by molar-refractivity contribution is -0.131. The van der Waals surface area contributed by atoms with Gasteiger partial charge in [0.05, 0.1) is 38.5 Å². The van der Waals surface area contributed by atoms with Gasteiger partial charge in [0.25, 0.3) is 0 Å². The number of fused-ring (bicyclic) bond motifs is 2. The first-order valence-electron chi connectivity index (χ1n) is 14.0. The molecule has 0 unspecified atom stereocenters. The number of benzene rings is 1. The summed E-state index contributed by atoms with van der Waals surface area (Å²) in [5.74, 6) is 0.639. The zero-order valence-corrected chi connectivity index (χ0v) is 24.9. The van der Waals surface area contributed by atoms with E-state index in [2.05, 4.69) is 33.4 Å². The number of aromatic nitrogens is 2. The molecule has 13 heteroatoms. The average molecular weight is 592 g/mol. The van der Waals surface area contributed by atoms with Crippen molar-refractivity contribution >= 4 is 69.1 Å². The molecule has 3 aliphatic rings. The first-order chi connectivity index (χ1) is 18.8. The van der Waals surface area contributed by atoms with Crippen molar-refractivity contribution in [2.45, 2.75) is 38.6 Å². The highest BCUT2D eigenvalue weighted by molar-refractivity contribution is 7.91. The topological polar surface area (TPSA) is 111 Å². The number of aryl methyl sites for hydroxylation is 1. The number of carbonyl (C=O) groups excluding carboxylic acids is 1. The highest BCUT2D eigenvalue weighted by atomic mass is 32.2. The zero-order chi connectivity index (χ0) is 27.0. The maximum atomic E-state index is 12.9. The number of rotatable bonds is 8. The maximum Gasteiger partial charge on any atom is 0.242 e. The Hall–Kier alpha value is -2.06. The summed E-state index contributed by atoms with van der Waals surface area (Å²) in [6.45, 7) is 8.65. The summed E-state index contributed by atoms with van der Waals surface area (Å²) in [6, 6.07) is 2.87. The number of hydrogen-bond acceptors (Lipinski definition) is 11. The Morgan fingerprint density at radius 2 is 1.56 bits per heavy atom. The highest BCUT2D eigenvalue weighted by Crippen LogP contribution is 2.37. The van der Waals surface area contributed by atoms with Crippen LogP contribution in [-0.2, 0) is 14.6 Å². The van der Waals surface area contributed by atoms with Crippen LogP contribution in [0.4, 0.5) is 10.3 Å². The fraction of sp³-hybridized carbons (Fsp3) is 0.654. The number of anilines is 2. The Balaban J connectivity index is 1.02. The molecule has 3 aromatic rings. The number of piperazine rings is 1. The van der Waals surface area contributed by atoms with Crippen LogP contribution >= 0.6 is 22.7 Å². The van der Waals surface area contributed by atoms with E-state index in [1.807, 2.05) is 4.90 Å². The van der Waals surface area contributed by atoms with E-state index in [1.165, 1.54) is 25.7 Å². The number of thiazole rings is 2. The number of carbonyl (C=O) groups is 1. The quantitative estimate of drug-likeness (QED) is 0.409. The van der Waals surface area contributed by atoms with Crippen LogP contribution < -0.4 is 10.6 Å². The first kappa shape index (κ1) is 27.1. The minimum absolute atomic E-state index is 0.140. The molecule has 212 valence electrons. The van der Waals surface area contributed by atoms with Gasteiger partial charge in [0, 0.05) is 64.0 Å². The van der Waals surface area contributed by atoms with Crippen LogP contribution in [0.3, 0.4) is 0 Å². The summed E-state index contributed by atoms with van der Waals surface area (Å²) in [4.78, 5) is 29.2. The second-order valence-corrected chi connectivity index (χ2v) is 15.2. The van der Waals surface area contributed by atoms with Crippen molar-refractivity contribution < 1.29 is 13.2 Å². The van der Waals surface area contributed by atoms with E-state index < -0.39 is 9.84 Å². The molecule has 2 N–H and O–H groups in total. The minimum atomic E-state index is -2.85. The Morgan fingerprint density at radius 3 is 2.21 bits per heavy atom. The lowest BCUT2D eigenvalue weighted by atomic mass is 10.2. The molecule has 1 saturated carbocycles. The molecule has 4 heterocycles. The maximum absolute atomic E-state index is 12.9. The largest absolute Gasteiger partial charge is 0.360 e. The second-order valence-electron chi connectivity index (χ2n) is 10.9. The van der Waals surface area contributed by atoms with Crippen molar-refractivity contribution in [1.29, 1.82) is 0 Å². The van der Waals surface area contributed by atoms with Crippen LogP contribution in [0.15, 0.2) is 6.07 Å². The molecule has 0 bridgehead atoms. The SMILES string of the molecule is Cc1c2nc(NCCN3CCS(=O)(=O)CC3)sc2cc2sc(NCC(=O)N3CCN(C4CCCC4)CC3)nc12. The molecule has 3 fully saturated rings. The van der Waals surface area contributed by atoms with E-state index in [0.717, 1.165) is 81.6 Å². The lowest BCUT2D eigenvalue weighted by Gasteiger charge is -2.38. The highest BCUT2D eigenvalue weighted by Gasteiger charge is 2.28. The fourth-order valence-corrected chi connectivity index (χ4v) is 9.25. The van der Waals surface area contributed by atoms with Crippen LogP contribution in [0.25, 0.3) is 20.4 Å². The predicted octanol–water partition coefficient (Wildman–Crippen LogP) is 2.86. The van der Waals surface area contributed by atoms with E-state index in [-0.39, 0.29) is 24.0 Å². The number of amides is 1. The minimum Gasteiger partial charge on any atom is -0.360 e. The fourth-order valence-electron chi connectivity index (χ4n) is 5.94. The molecule has 0 radical (unpaired) electrons. The van der Waals surface area contributed by atoms with E-state index in [9.17, 15) is 13.2 Å². The number of nitrogens with one attached hydrogen (secondary N) is 2. The second kappa shape index (κ2) is 11.4. The van der Waals surface area contributed by atoms with Crippen LogP contribution in [0.5, 0.6) is 0 Å². The Bertz CT molecular complexity index is 1430. The van der Waals surface area contributed by atoms with Crippen LogP contribution in [0, 0.1) is 6.92 Å². The van der Waals surface area contributed by atoms with E-state index >= 15 is 0 Å². The predicted molar refractivity (Wildman–Crippen MR) is 160 cm³/mol. The smallest absolute Gasteiger partial charge is 0.242 e. The van der Waals surface area contributed by atoms with Gasteiger partial charge in [0.1, 0.15) is 0 Å². The third-order valence-corrected chi connectivity index (χ3v) is 11.8. The normalized spacial score (nSPS) is 21.2. The molecule has 0 spiro atoms. The Labute approximate surface area is 237 Å². The zero-order valence-electron chi connectivity index (χ0n) is 22.4. The molecule has 1 aliphatic carbocycles. The molecule has 10 nitrogen and oxygen atoms in total. The van der Waals surface area contributed by atoms with Gasteiger partial charge in [-0.25, -0.2) is 18.4 Å². The average Bonchev–Trinajstić information content (AvgIpc) is 3.69. The molecule has 2 saturated heterocycles. The number of nitrogens with zero attached hydrogens (tertiary/aromatic N) is 5. The molecule has 39 heavy (non-hydrogen) atoms. The van der Waals surface area contributed by atoms with Gasteiger partial charge in [-0.05, 0) is 25.8 Å². The standard InChI is InChI=1S/C26H37N7O3S3/c1-18-23-20(37-25(29-23)27-6-7-31-12-14-39(35,36)15-13-31)16-21-24(18)30-26(38-21)28-17-22(34)33-10-8-32(9-11-33)19-4-2-3-5-19/h16,19H,2-15,17H2,1H3,(H,27,29)(H,28,30). The lowest BCUT2D eigenvalue weighted by Crippen LogP contribution is -2.52. The molecular formula is C26H37N7O3S3. The van der Waals surface area contributed by atoms with E-state index in [4.69, 9.17) is 9.97 Å². The molecule has 2 aliphatic heterocycles. The summed E-state index contributed by atoms with van der Waals surface area (Å²) in [5, 5.41) is 8.33. The molecule has 2 aromatic heterocycles. The molecular weight excluding hydrogens is 555 g/mol. The van der Waals surface area contributed by atoms with Crippen LogP contribution in [0.1, 0.15) is 31.2 Å². The van der Waals surface area contributed by atoms with Gasteiger partial charge in [-0.2, -0.15) is 0 Å². The molecule has 6 rings (SSSR count). The van der Waals surface area contributed by atoms with Crippen LogP contribution in [-0.4, -0.2) is 115 Å². The number of sulfone groups is 1. The Kier molecular flexibility index (Phi) is 7.95. The third kappa shape index (κ3) is 6.17.